The number of carbonyl (C=O) groups is 2. The van der Waals surface area contributed by atoms with Crippen molar-refractivity contribution in [2.75, 3.05) is 11.9 Å². The van der Waals surface area contributed by atoms with Gasteiger partial charge in [-0.1, -0.05) is 12.2 Å². The number of rotatable bonds is 7. The Balaban J connectivity index is 1.50. The number of urea groups is 1. The summed E-state index contributed by atoms with van der Waals surface area (Å²) in [7, 11) is 0. The Morgan fingerprint density at radius 3 is 2.26 bits per heavy atom. The third-order valence-corrected chi connectivity index (χ3v) is 5.03. The quantitative estimate of drug-likeness (QED) is 0.346. The van der Waals surface area contributed by atoms with Gasteiger partial charge in [0.2, 0.25) is 5.91 Å². The fraction of sp³-hybridized carbons (Fsp3) is 0.304. The minimum atomic E-state index is -4.50. The summed E-state index contributed by atoms with van der Waals surface area (Å²) < 4.78 is 70.0. The lowest BCUT2D eigenvalue weighted by Crippen LogP contribution is -2.50. The molecule has 3 atom stereocenters. The molecule has 3 rings (SSSR count). The maximum absolute atomic E-state index is 13.2. The molecule has 2 aromatic carbocycles. The van der Waals surface area contributed by atoms with Gasteiger partial charge < -0.3 is 25.8 Å². The van der Waals surface area contributed by atoms with Crippen molar-refractivity contribution in [1.82, 2.24) is 10.6 Å². The molecule has 0 aromatic heterocycles. The largest absolute Gasteiger partial charge is 0.416 e. The van der Waals surface area contributed by atoms with Gasteiger partial charge in [-0.15, -0.1) is 0 Å². The minimum Gasteiger partial charge on any atom is -0.394 e. The second-order valence-electron chi connectivity index (χ2n) is 7.74. The third kappa shape index (κ3) is 7.76. The highest BCUT2D eigenvalue weighted by atomic mass is 19.4. The van der Waals surface area contributed by atoms with E-state index in [1.807, 2.05) is 0 Å². The third-order valence-electron chi connectivity index (χ3n) is 5.03. The molecule has 0 saturated heterocycles. The molecule has 0 saturated carbocycles. The molecule has 0 fully saturated rings. The monoisotopic (exact) mass is 499 g/mol. The Morgan fingerprint density at radius 2 is 1.66 bits per heavy atom. The van der Waals surface area contributed by atoms with Crippen LogP contribution in [0.25, 0.3) is 0 Å². The van der Waals surface area contributed by atoms with E-state index in [4.69, 9.17) is 4.74 Å². The van der Waals surface area contributed by atoms with E-state index in [0.717, 1.165) is 42.5 Å². The van der Waals surface area contributed by atoms with Crippen molar-refractivity contribution in [3.8, 4) is 0 Å². The predicted molar refractivity (Wildman–Crippen MR) is 115 cm³/mol. The first-order valence-corrected chi connectivity index (χ1v) is 10.4. The SMILES string of the molecule is O=C(C[C@H]1C=C[C@@H](NC(=O)Nc2ccc(C(F)(F)F)cc2)[C@@H](CO)O1)NCc1cc(F)cc(F)c1. The van der Waals surface area contributed by atoms with Crippen LogP contribution >= 0.6 is 0 Å². The zero-order valence-electron chi connectivity index (χ0n) is 18.1. The summed E-state index contributed by atoms with van der Waals surface area (Å²) in [4.78, 5) is 24.4. The number of carbonyl (C=O) groups excluding carboxylic acids is 2. The van der Waals surface area contributed by atoms with Gasteiger partial charge in [0.15, 0.2) is 0 Å². The first-order chi connectivity index (χ1) is 16.5. The molecule has 1 aliphatic rings. The number of nitrogens with one attached hydrogen (secondary N) is 3. The molecule has 0 aliphatic carbocycles. The van der Waals surface area contributed by atoms with E-state index >= 15 is 0 Å². The van der Waals surface area contributed by atoms with Gasteiger partial charge in [0.1, 0.15) is 17.7 Å². The number of halogens is 5. The van der Waals surface area contributed by atoms with E-state index in [1.54, 1.807) is 0 Å². The zero-order valence-corrected chi connectivity index (χ0v) is 18.1. The van der Waals surface area contributed by atoms with Crippen molar-refractivity contribution < 1.29 is 41.4 Å². The fourth-order valence-corrected chi connectivity index (χ4v) is 3.37. The van der Waals surface area contributed by atoms with E-state index in [1.165, 1.54) is 12.2 Å². The lowest BCUT2D eigenvalue weighted by molar-refractivity contribution is -0.137. The molecule has 1 aliphatic heterocycles. The van der Waals surface area contributed by atoms with Crippen LogP contribution < -0.4 is 16.0 Å². The van der Waals surface area contributed by atoms with Crippen LogP contribution in [-0.2, 0) is 22.3 Å². The Bertz CT molecular complexity index is 1060. The van der Waals surface area contributed by atoms with Crippen molar-refractivity contribution >= 4 is 17.6 Å². The second-order valence-corrected chi connectivity index (χ2v) is 7.74. The maximum Gasteiger partial charge on any atom is 0.416 e. The summed E-state index contributed by atoms with van der Waals surface area (Å²) in [6.45, 7) is -0.585. The molecule has 2 aromatic rings. The molecule has 0 radical (unpaired) electrons. The number of aliphatic hydroxyl groups excluding tert-OH is 1. The number of alkyl halides is 3. The molecule has 35 heavy (non-hydrogen) atoms. The lowest BCUT2D eigenvalue weighted by atomic mass is 10.0. The van der Waals surface area contributed by atoms with E-state index in [2.05, 4.69) is 16.0 Å². The predicted octanol–water partition coefficient (Wildman–Crippen LogP) is 3.50. The molecule has 0 bridgehead atoms. The molecule has 0 unspecified atom stereocenters. The molecule has 4 N–H and O–H groups in total. The molecule has 0 spiro atoms. The molecule has 3 amide bonds. The standard InChI is InChI=1S/C23H22F5N3O4/c24-15-7-13(8-16(25)9-15)11-29-21(33)10-18-5-6-19(20(12-32)35-18)31-22(34)30-17-3-1-14(2-4-17)23(26,27)28/h1-9,18-20,32H,10-12H2,(H,29,33)(H2,30,31,34)/t18-,19-,20-/m1/s1. The van der Waals surface area contributed by atoms with Crippen LogP contribution in [-0.4, -0.2) is 41.9 Å². The van der Waals surface area contributed by atoms with Gasteiger partial charge in [-0.25, -0.2) is 13.6 Å². The van der Waals surface area contributed by atoms with Crippen molar-refractivity contribution in [2.24, 2.45) is 0 Å². The van der Waals surface area contributed by atoms with Gasteiger partial charge in [0, 0.05) is 18.3 Å². The van der Waals surface area contributed by atoms with Crippen molar-refractivity contribution in [3.05, 3.63) is 77.4 Å². The van der Waals surface area contributed by atoms with Gasteiger partial charge in [0.25, 0.3) is 0 Å². The normalized spacial score (nSPS) is 19.8. The zero-order chi connectivity index (χ0) is 25.6. The lowest BCUT2D eigenvalue weighted by Gasteiger charge is -2.31. The van der Waals surface area contributed by atoms with Crippen LogP contribution in [0.4, 0.5) is 32.4 Å². The van der Waals surface area contributed by atoms with Gasteiger partial charge in [-0.3, -0.25) is 4.79 Å². The fourth-order valence-electron chi connectivity index (χ4n) is 3.37. The van der Waals surface area contributed by atoms with Crippen LogP contribution in [0.2, 0.25) is 0 Å². The highest BCUT2D eigenvalue weighted by molar-refractivity contribution is 5.89. The summed E-state index contributed by atoms with van der Waals surface area (Å²) in [5, 5.41) is 17.1. The number of ether oxygens (including phenoxy) is 1. The van der Waals surface area contributed by atoms with Crippen LogP contribution in [0.1, 0.15) is 17.5 Å². The van der Waals surface area contributed by atoms with Crippen LogP contribution in [0.5, 0.6) is 0 Å². The molecule has 188 valence electrons. The Morgan fingerprint density at radius 1 is 1.00 bits per heavy atom. The number of anilines is 1. The first-order valence-electron chi connectivity index (χ1n) is 10.4. The number of benzene rings is 2. The van der Waals surface area contributed by atoms with E-state index in [-0.39, 0.29) is 24.2 Å². The van der Waals surface area contributed by atoms with Crippen LogP contribution in [0, 0.1) is 11.6 Å². The number of amides is 3. The smallest absolute Gasteiger partial charge is 0.394 e. The van der Waals surface area contributed by atoms with Gasteiger partial charge in [-0.2, -0.15) is 13.2 Å². The van der Waals surface area contributed by atoms with Crippen LogP contribution in [0.3, 0.4) is 0 Å². The highest BCUT2D eigenvalue weighted by Crippen LogP contribution is 2.29. The first kappa shape index (κ1) is 26.1. The minimum absolute atomic E-state index is 0.0956. The van der Waals surface area contributed by atoms with Crippen molar-refractivity contribution in [2.45, 2.75) is 37.4 Å². The van der Waals surface area contributed by atoms with Crippen LogP contribution in [0.15, 0.2) is 54.6 Å². The van der Waals surface area contributed by atoms with Gasteiger partial charge in [-0.05, 0) is 42.0 Å². The average Bonchev–Trinajstić information content (AvgIpc) is 2.78. The van der Waals surface area contributed by atoms with Crippen molar-refractivity contribution in [3.63, 3.8) is 0 Å². The summed E-state index contributed by atoms with van der Waals surface area (Å²) in [6, 6.07) is 5.26. The molecular formula is C23H22F5N3O4. The van der Waals surface area contributed by atoms with E-state index < -0.39 is 60.2 Å². The van der Waals surface area contributed by atoms with Crippen molar-refractivity contribution in [1.29, 1.82) is 0 Å². The maximum atomic E-state index is 13.2. The number of aliphatic hydroxyl groups is 1. The topological polar surface area (TPSA) is 99.7 Å². The summed E-state index contributed by atoms with van der Waals surface area (Å²) in [5.74, 6) is -1.99. The second kappa shape index (κ2) is 11.3. The van der Waals surface area contributed by atoms with Gasteiger partial charge in [0.05, 0.1) is 30.7 Å². The molecule has 1 heterocycles. The number of hydrogen-bond acceptors (Lipinski definition) is 4. The van der Waals surface area contributed by atoms with E-state index in [0.29, 0.717) is 0 Å². The molecule has 12 heteroatoms. The molecule has 7 nitrogen and oxygen atoms in total. The molecular weight excluding hydrogens is 477 g/mol. The summed E-state index contributed by atoms with van der Waals surface area (Å²) >= 11 is 0. The van der Waals surface area contributed by atoms with Gasteiger partial charge >= 0.3 is 12.2 Å². The van der Waals surface area contributed by atoms with E-state index in [9.17, 15) is 36.6 Å². The Hall–Kier alpha value is -3.51. The highest BCUT2D eigenvalue weighted by Gasteiger charge is 2.31. The summed E-state index contributed by atoms with van der Waals surface area (Å²) in [5.41, 5.74) is -0.484. The summed E-state index contributed by atoms with van der Waals surface area (Å²) in [6.07, 6.45) is -3.23. The Labute approximate surface area is 197 Å². The average molecular weight is 499 g/mol. The Kier molecular flexibility index (Phi) is 8.41. The number of hydrogen-bond donors (Lipinski definition) is 4.